The summed E-state index contributed by atoms with van der Waals surface area (Å²) in [6, 6.07) is 8.54. The molecule has 1 spiro atoms. The summed E-state index contributed by atoms with van der Waals surface area (Å²) in [6.45, 7) is -0.908. The zero-order valence-corrected chi connectivity index (χ0v) is 20.6. The zero-order valence-electron chi connectivity index (χ0n) is 19.1. The number of carbonyl (C=O) groups is 3. The molecule has 3 aliphatic heterocycles. The van der Waals surface area contributed by atoms with Crippen LogP contribution < -0.4 is 10.6 Å². The Morgan fingerprint density at radius 3 is 2.68 bits per heavy atom. The van der Waals surface area contributed by atoms with Gasteiger partial charge in [0.25, 0.3) is 11.8 Å². The highest BCUT2D eigenvalue weighted by molar-refractivity contribution is 6.38. The van der Waals surface area contributed by atoms with Crippen LogP contribution in [0.25, 0.3) is 11.0 Å². The molecule has 3 N–H and O–H groups in total. The van der Waals surface area contributed by atoms with Crippen LogP contribution in [0.4, 0.5) is 20.4 Å². The lowest BCUT2D eigenvalue weighted by molar-refractivity contribution is -0.153. The van der Waals surface area contributed by atoms with Crippen molar-refractivity contribution in [3.8, 4) is 0 Å². The highest BCUT2D eigenvalue weighted by Gasteiger charge is 2.74. The summed E-state index contributed by atoms with van der Waals surface area (Å²) in [5, 5.41) is 15.7. The Morgan fingerprint density at radius 2 is 1.97 bits per heavy atom. The molecule has 6 rings (SSSR count). The molecule has 9 nitrogen and oxygen atoms in total. The molecular formula is C24H19Cl2F2N5O4. The summed E-state index contributed by atoms with van der Waals surface area (Å²) < 4.78 is 31.3. The smallest absolute Gasteiger partial charge is 0.310 e. The van der Waals surface area contributed by atoms with Gasteiger partial charge in [0.15, 0.2) is 0 Å². The Hall–Kier alpha value is -3.28. The molecule has 0 radical (unpaired) electrons. The number of rotatable bonds is 3. The van der Waals surface area contributed by atoms with Gasteiger partial charge in [0.05, 0.1) is 34.2 Å². The second-order valence-electron chi connectivity index (χ2n) is 9.60. The summed E-state index contributed by atoms with van der Waals surface area (Å²) in [6.07, 6.45) is -0.796. The van der Waals surface area contributed by atoms with E-state index in [-0.39, 0.29) is 27.2 Å². The van der Waals surface area contributed by atoms with E-state index in [4.69, 9.17) is 23.2 Å². The van der Waals surface area contributed by atoms with Gasteiger partial charge in [-0.2, -0.15) is 0 Å². The number of imidazole rings is 1. The number of aryl methyl sites for hydroxylation is 1. The van der Waals surface area contributed by atoms with Crippen molar-refractivity contribution in [2.75, 3.05) is 17.2 Å². The van der Waals surface area contributed by atoms with Crippen LogP contribution in [-0.2, 0) is 27.0 Å². The molecule has 0 aliphatic carbocycles. The summed E-state index contributed by atoms with van der Waals surface area (Å²) in [5.41, 5.74) is -0.677. The van der Waals surface area contributed by atoms with Gasteiger partial charge in [-0.05, 0) is 24.3 Å². The number of fused-ring (bicyclic) bond motifs is 5. The number of anilines is 2. The fourth-order valence-corrected chi connectivity index (χ4v) is 6.79. The van der Waals surface area contributed by atoms with Crippen LogP contribution >= 0.6 is 23.2 Å². The highest BCUT2D eigenvalue weighted by atomic mass is 35.5. The second kappa shape index (κ2) is 7.86. The van der Waals surface area contributed by atoms with E-state index in [1.54, 1.807) is 35.9 Å². The average molecular weight is 550 g/mol. The van der Waals surface area contributed by atoms with E-state index in [1.165, 1.54) is 12.1 Å². The summed E-state index contributed by atoms with van der Waals surface area (Å²) in [7, 11) is 1.66. The van der Waals surface area contributed by atoms with E-state index in [0.717, 1.165) is 4.90 Å². The number of aliphatic carboxylic acids is 1. The lowest BCUT2D eigenvalue weighted by atomic mass is 9.73. The van der Waals surface area contributed by atoms with E-state index in [9.17, 15) is 28.3 Å². The summed E-state index contributed by atoms with van der Waals surface area (Å²) in [4.78, 5) is 45.6. The van der Waals surface area contributed by atoms with Crippen LogP contribution in [0.5, 0.6) is 0 Å². The maximum absolute atomic E-state index is 14.8. The topological polar surface area (TPSA) is 117 Å². The molecule has 1 aromatic heterocycles. The molecule has 3 aromatic rings. The Kier molecular flexibility index (Phi) is 5.11. The van der Waals surface area contributed by atoms with Gasteiger partial charge in [-0.25, -0.2) is 13.8 Å². The van der Waals surface area contributed by atoms with E-state index < -0.39 is 60.1 Å². The van der Waals surface area contributed by atoms with E-state index in [0.29, 0.717) is 11.0 Å². The SMILES string of the molecule is Cn1c(NC(=O)[C@H]2[C@H]3CC(F)(F)CN3[C@]3(C(=O)Nc4c(Cl)cc(Cl)cc43)[C@H]2C(=O)O)nc2ccccc21. The van der Waals surface area contributed by atoms with Crippen LogP contribution in [0, 0.1) is 11.8 Å². The van der Waals surface area contributed by atoms with Crippen molar-refractivity contribution < 1.29 is 28.3 Å². The summed E-state index contributed by atoms with van der Waals surface area (Å²) in [5.74, 6) is -9.52. The lowest BCUT2D eigenvalue weighted by Gasteiger charge is -2.35. The molecule has 0 saturated carbocycles. The largest absolute Gasteiger partial charge is 0.481 e. The van der Waals surface area contributed by atoms with Crippen LogP contribution in [0.15, 0.2) is 36.4 Å². The van der Waals surface area contributed by atoms with Gasteiger partial charge in [-0.15, -0.1) is 0 Å². The number of aromatic nitrogens is 2. The Morgan fingerprint density at radius 1 is 1.24 bits per heavy atom. The number of benzene rings is 2. The third kappa shape index (κ3) is 3.23. The fraction of sp³-hybridized carbons (Fsp3) is 0.333. The first kappa shape index (κ1) is 24.1. The number of hydrogen-bond donors (Lipinski definition) is 3. The maximum Gasteiger partial charge on any atom is 0.310 e. The van der Waals surface area contributed by atoms with Gasteiger partial charge >= 0.3 is 5.97 Å². The normalized spacial score (nSPS) is 27.9. The van der Waals surface area contributed by atoms with Crippen LogP contribution in [-0.4, -0.2) is 55.9 Å². The van der Waals surface area contributed by atoms with Crippen LogP contribution in [0.2, 0.25) is 10.0 Å². The third-order valence-corrected chi connectivity index (χ3v) is 8.14. The lowest BCUT2D eigenvalue weighted by Crippen LogP contribution is -2.54. The fourth-order valence-electron chi connectivity index (χ4n) is 6.25. The molecule has 192 valence electrons. The number of amides is 2. The number of alkyl halides is 2. The zero-order chi connectivity index (χ0) is 26.4. The van der Waals surface area contributed by atoms with Crippen molar-refractivity contribution in [2.24, 2.45) is 18.9 Å². The van der Waals surface area contributed by atoms with E-state index >= 15 is 0 Å². The molecule has 37 heavy (non-hydrogen) atoms. The van der Waals surface area contributed by atoms with Crippen molar-refractivity contribution >= 4 is 63.7 Å². The monoisotopic (exact) mass is 549 g/mol. The first-order chi connectivity index (χ1) is 17.5. The molecule has 4 atom stereocenters. The summed E-state index contributed by atoms with van der Waals surface area (Å²) >= 11 is 12.5. The molecule has 0 bridgehead atoms. The van der Waals surface area contributed by atoms with Gasteiger partial charge in [0, 0.05) is 30.1 Å². The molecule has 2 amide bonds. The number of carboxylic acid groups (broad SMARTS) is 1. The first-order valence-electron chi connectivity index (χ1n) is 11.4. The molecule has 3 aliphatic rings. The Bertz CT molecular complexity index is 1530. The second-order valence-corrected chi connectivity index (χ2v) is 10.4. The van der Waals surface area contributed by atoms with Crippen molar-refractivity contribution in [3.05, 3.63) is 52.0 Å². The number of halogens is 4. The Balaban J connectivity index is 1.51. The van der Waals surface area contributed by atoms with E-state index in [2.05, 4.69) is 15.6 Å². The van der Waals surface area contributed by atoms with Gasteiger partial charge in [0.1, 0.15) is 11.5 Å². The minimum absolute atomic E-state index is 0.0342. The number of hydrogen-bond acceptors (Lipinski definition) is 5. The molecular weight excluding hydrogens is 531 g/mol. The average Bonchev–Trinajstić information content (AvgIpc) is 3.48. The highest BCUT2D eigenvalue weighted by Crippen LogP contribution is 2.61. The molecule has 13 heteroatoms. The van der Waals surface area contributed by atoms with Gasteiger partial charge in [0.2, 0.25) is 11.9 Å². The molecule has 2 aromatic carbocycles. The van der Waals surface area contributed by atoms with Gasteiger partial charge in [-0.1, -0.05) is 35.3 Å². The van der Waals surface area contributed by atoms with Crippen LogP contribution in [0.3, 0.4) is 0 Å². The van der Waals surface area contributed by atoms with Crippen molar-refractivity contribution in [1.82, 2.24) is 14.5 Å². The van der Waals surface area contributed by atoms with E-state index in [1.807, 2.05) is 0 Å². The van der Waals surface area contributed by atoms with Gasteiger partial charge in [-0.3, -0.25) is 24.6 Å². The third-order valence-electron chi connectivity index (χ3n) is 7.63. The maximum atomic E-state index is 14.8. The number of nitrogens with one attached hydrogen (secondary N) is 2. The number of para-hydroxylation sites is 2. The minimum atomic E-state index is -3.26. The predicted molar refractivity (Wildman–Crippen MR) is 131 cm³/mol. The molecule has 4 heterocycles. The van der Waals surface area contributed by atoms with Crippen molar-refractivity contribution in [1.29, 1.82) is 0 Å². The minimum Gasteiger partial charge on any atom is -0.481 e. The quantitative estimate of drug-likeness (QED) is 0.458. The van der Waals surface area contributed by atoms with Crippen molar-refractivity contribution in [3.63, 3.8) is 0 Å². The molecule has 2 fully saturated rings. The Labute approximate surface area is 218 Å². The number of carboxylic acids is 1. The predicted octanol–water partition coefficient (Wildman–Crippen LogP) is 3.71. The first-order valence-corrected chi connectivity index (χ1v) is 12.1. The molecule has 2 saturated heterocycles. The standard InChI is InChI=1S/C24H19Cl2F2N5O4/c1-32-14-5-3-2-4-13(14)29-22(32)31-19(34)16-15-8-23(27,28)9-33(15)24(17(16)20(35)36)11-6-10(25)7-12(26)18(11)30-21(24)37/h2-7,15-17H,8-9H2,1H3,(H,30,37)(H,35,36)(H,29,31,34)/t15-,16+,17-,24+/m1/s1. The number of carbonyl (C=O) groups excluding carboxylic acids is 2. The number of nitrogens with zero attached hydrogens (tertiary/aromatic N) is 3. The van der Waals surface area contributed by atoms with Gasteiger partial charge < -0.3 is 15.0 Å². The molecule has 0 unspecified atom stereocenters. The van der Waals surface area contributed by atoms with Crippen LogP contribution in [0.1, 0.15) is 12.0 Å². The van der Waals surface area contributed by atoms with Crippen molar-refractivity contribution in [2.45, 2.75) is 23.9 Å².